The smallest absolute Gasteiger partial charge is 0.381 e. The minimum absolute atomic E-state index is 0.0246. The normalized spacial score (nSPS) is 30.5. The average molecular weight is 481 g/mol. The van der Waals surface area contributed by atoms with E-state index in [1.54, 1.807) is 11.8 Å². The van der Waals surface area contributed by atoms with E-state index in [2.05, 4.69) is 19.2 Å². The van der Waals surface area contributed by atoms with Crippen molar-refractivity contribution in [1.29, 1.82) is 0 Å². The number of ether oxygens (including phenoxy) is 1. The summed E-state index contributed by atoms with van der Waals surface area (Å²) in [5, 5.41) is 3.84. The molecule has 3 fully saturated rings. The Labute approximate surface area is 201 Å². The van der Waals surface area contributed by atoms with E-state index in [9.17, 15) is 18.0 Å². The zero-order chi connectivity index (χ0) is 24.5. The van der Waals surface area contributed by atoms with E-state index in [1.807, 2.05) is 0 Å². The average Bonchev–Trinajstić information content (AvgIpc) is 3.33. The highest BCUT2D eigenvalue weighted by Gasteiger charge is 2.42. The zero-order valence-electron chi connectivity index (χ0n) is 20.7. The van der Waals surface area contributed by atoms with Gasteiger partial charge in [-0.05, 0) is 86.1 Å². The summed E-state index contributed by atoms with van der Waals surface area (Å²) in [6.07, 6.45) is 2.66. The molecule has 4 atom stereocenters. The molecule has 190 valence electrons. The molecule has 5 rings (SSSR count). The molecule has 1 saturated heterocycles. The van der Waals surface area contributed by atoms with Crippen LogP contribution in [0.1, 0.15) is 74.6 Å². The molecule has 4 nitrogen and oxygen atoms in total. The van der Waals surface area contributed by atoms with Crippen LogP contribution < -0.4 is 5.32 Å². The minimum Gasteiger partial charge on any atom is -0.381 e. The van der Waals surface area contributed by atoms with Gasteiger partial charge in [-0.25, -0.2) is 0 Å². The van der Waals surface area contributed by atoms with E-state index in [1.165, 1.54) is 31.4 Å². The van der Waals surface area contributed by atoms with Gasteiger partial charge < -0.3 is 15.0 Å². The lowest BCUT2D eigenvalue weighted by Crippen LogP contribution is -2.48. The first kappa shape index (κ1) is 25.5. The molecule has 2 saturated carbocycles. The van der Waals surface area contributed by atoms with Crippen LogP contribution >= 0.6 is 0 Å². The molecule has 34 heavy (non-hydrogen) atoms. The van der Waals surface area contributed by atoms with Crippen molar-refractivity contribution in [3.05, 3.63) is 34.4 Å². The van der Waals surface area contributed by atoms with Crippen LogP contribution in [0.3, 0.4) is 0 Å². The molecule has 1 N–H and O–H groups in total. The molecule has 1 aromatic carbocycles. The van der Waals surface area contributed by atoms with Gasteiger partial charge in [0.1, 0.15) is 0 Å². The molecule has 0 spiro atoms. The quantitative estimate of drug-likeness (QED) is 0.621. The summed E-state index contributed by atoms with van der Waals surface area (Å²) in [7, 11) is 0. The van der Waals surface area contributed by atoms with Gasteiger partial charge in [-0.2, -0.15) is 13.2 Å². The number of amides is 1. The Morgan fingerprint density at radius 2 is 1.79 bits per heavy atom. The molecule has 2 heterocycles. The standard InChI is InChI=1S/C24H31F3N2O2.C3H8/c1-14-8-19(24(25,26)27)9-18-11-29(7-6-21(14)18)23(30)15-4-5-20(10-15)28-22-16-2-3-17(22)13-31-12-16;1-3-2/h8-9,15-17,20,22,28H,2-7,10-13H2,1H3;3H2,1-2H3/t15-,16?,17?,20+,22?;/m0./s1. The lowest BCUT2D eigenvalue weighted by molar-refractivity contribution is -0.137. The largest absolute Gasteiger partial charge is 0.416 e. The molecular formula is C27H39F3N2O2. The van der Waals surface area contributed by atoms with Gasteiger partial charge in [0.25, 0.3) is 0 Å². The second kappa shape index (κ2) is 10.6. The summed E-state index contributed by atoms with van der Waals surface area (Å²) in [6.45, 7) is 8.56. The number of hydrogen-bond acceptors (Lipinski definition) is 3. The van der Waals surface area contributed by atoms with Gasteiger partial charge in [0.2, 0.25) is 5.91 Å². The minimum atomic E-state index is -4.36. The summed E-state index contributed by atoms with van der Waals surface area (Å²) in [5.74, 6) is 1.28. The number of aryl methyl sites for hydroxylation is 1. The summed E-state index contributed by atoms with van der Waals surface area (Å²) >= 11 is 0. The topological polar surface area (TPSA) is 41.6 Å². The van der Waals surface area contributed by atoms with Gasteiger partial charge in [-0.1, -0.05) is 20.3 Å². The van der Waals surface area contributed by atoms with E-state index in [-0.39, 0.29) is 18.4 Å². The Balaban J connectivity index is 0.000000868. The van der Waals surface area contributed by atoms with Crippen LogP contribution in [0.2, 0.25) is 0 Å². The summed E-state index contributed by atoms with van der Waals surface area (Å²) in [4.78, 5) is 15.0. The first-order valence-corrected chi connectivity index (χ1v) is 13.0. The Hall–Kier alpha value is -1.60. The van der Waals surface area contributed by atoms with Gasteiger partial charge in [0.05, 0.1) is 18.8 Å². The Morgan fingerprint density at radius 3 is 2.44 bits per heavy atom. The number of benzene rings is 1. The van der Waals surface area contributed by atoms with Crippen LogP contribution in [0.4, 0.5) is 13.2 Å². The first-order chi connectivity index (χ1) is 16.2. The Morgan fingerprint density at radius 1 is 1.12 bits per heavy atom. The van der Waals surface area contributed by atoms with E-state index in [0.717, 1.165) is 38.0 Å². The maximum absolute atomic E-state index is 13.2. The number of halogens is 3. The van der Waals surface area contributed by atoms with E-state index >= 15 is 0 Å². The van der Waals surface area contributed by atoms with Crippen LogP contribution in [-0.2, 0) is 28.7 Å². The molecular weight excluding hydrogens is 441 g/mol. The van der Waals surface area contributed by atoms with Crippen molar-refractivity contribution < 1.29 is 22.7 Å². The fourth-order valence-electron chi connectivity index (χ4n) is 6.35. The van der Waals surface area contributed by atoms with Crippen molar-refractivity contribution in [2.75, 3.05) is 19.8 Å². The third-order valence-corrected chi connectivity index (χ3v) is 8.00. The van der Waals surface area contributed by atoms with Gasteiger partial charge in [-0.3, -0.25) is 4.79 Å². The second-order valence-electron chi connectivity index (χ2n) is 10.7. The molecule has 1 aromatic rings. The lowest BCUT2D eigenvalue weighted by Gasteiger charge is -2.34. The third kappa shape index (κ3) is 5.46. The van der Waals surface area contributed by atoms with Crippen molar-refractivity contribution in [3.63, 3.8) is 0 Å². The van der Waals surface area contributed by atoms with Crippen molar-refractivity contribution in [3.8, 4) is 0 Å². The fraction of sp³-hybridized carbons (Fsp3) is 0.741. The summed E-state index contributed by atoms with van der Waals surface area (Å²) in [6, 6.07) is 3.34. The first-order valence-electron chi connectivity index (χ1n) is 13.0. The molecule has 1 amide bonds. The molecule has 2 unspecified atom stereocenters. The van der Waals surface area contributed by atoms with Crippen LogP contribution in [0.15, 0.2) is 12.1 Å². The monoisotopic (exact) mass is 480 g/mol. The van der Waals surface area contributed by atoms with Crippen molar-refractivity contribution >= 4 is 5.91 Å². The van der Waals surface area contributed by atoms with Crippen LogP contribution in [0.5, 0.6) is 0 Å². The van der Waals surface area contributed by atoms with E-state index in [4.69, 9.17) is 4.74 Å². The van der Waals surface area contributed by atoms with Gasteiger partial charge >= 0.3 is 6.18 Å². The van der Waals surface area contributed by atoms with Crippen LogP contribution in [-0.4, -0.2) is 42.6 Å². The molecule has 0 aromatic heterocycles. The van der Waals surface area contributed by atoms with Gasteiger partial charge in [0.15, 0.2) is 0 Å². The molecule has 2 bridgehead atoms. The lowest BCUT2D eigenvalue weighted by atomic mass is 9.91. The fourth-order valence-corrected chi connectivity index (χ4v) is 6.35. The maximum atomic E-state index is 13.2. The number of nitrogens with zero attached hydrogens (tertiary/aromatic N) is 1. The molecule has 2 aliphatic carbocycles. The highest BCUT2D eigenvalue weighted by atomic mass is 19.4. The third-order valence-electron chi connectivity index (χ3n) is 8.00. The predicted octanol–water partition coefficient (Wildman–Crippen LogP) is 5.50. The van der Waals surface area contributed by atoms with Gasteiger partial charge in [-0.15, -0.1) is 0 Å². The van der Waals surface area contributed by atoms with Crippen LogP contribution in [0, 0.1) is 24.7 Å². The van der Waals surface area contributed by atoms with Crippen molar-refractivity contribution in [1.82, 2.24) is 10.2 Å². The van der Waals surface area contributed by atoms with Crippen molar-refractivity contribution in [2.24, 2.45) is 17.8 Å². The maximum Gasteiger partial charge on any atom is 0.416 e. The summed E-state index contributed by atoms with van der Waals surface area (Å²) in [5.41, 5.74) is 1.68. The highest BCUT2D eigenvalue weighted by Crippen LogP contribution is 2.38. The van der Waals surface area contributed by atoms with E-state index < -0.39 is 11.7 Å². The number of fused-ring (bicyclic) bond motifs is 3. The predicted molar refractivity (Wildman–Crippen MR) is 126 cm³/mol. The number of nitrogens with one attached hydrogen (secondary N) is 1. The molecule has 7 heteroatoms. The molecule has 2 aliphatic heterocycles. The summed E-state index contributed by atoms with van der Waals surface area (Å²) < 4.78 is 45.4. The van der Waals surface area contributed by atoms with E-state index in [0.29, 0.717) is 48.0 Å². The van der Waals surface area contributed by atoms with Gasteiger partial charge in [0, 0.05) is 31.1 Å². The zero-order valence-corrected chi connectivity index (χ0v) is 20.7. The highest BCUT2D eigenvalue weighted by molar-refractivity contribution is 5.79. The van der Waals surface area contributed by atoms with Crippen LogP contribution in [0.25, 0.3) is 0 Å². The molecule has 0 radical (unpaired) electrons. The molecule has 4 aliphatic rings. The Kier molecular flexibility index (Phi) is 7.92. The second-order valence-corrected chi connectivity index (χ2v) is 10.7. The van der Waals surface area contributed by atoms with Crippen molar-refractivity contribution in [2.45, 2.75) is 90.5 Å². The Bertz CT molecular complexity index is 856. The number of hydrogen-bond donors (Lipinski definition) is 1. The number of alkyl halides is 3. The number of carbonyl (C=O) groups is 1. The number of carbonyl (C=O) groups excluding carboxylic acids is 1. The number of rotatable bonds is 3. The SMILES string of the molecule is CCC.Cc1cc(C(F)(F)F)cc2c1CCN(C(=O)[C@H]1CC[C@@H](NC3C4CCC3COC4)C1)C2.